The standard InChI is InChI=1S/C20H19NO9S/c22-10-14(8-19(25)26)21-18(24)7-12-1-3-13(4-2-12)11-31(29,30)15-5-6-17(23)16(9-15)20(27)28/h1-6,9-10,14,23H,7-8,11H2,(H,21,24)(H,25,26)(H,27,28)/t14-/m0/s1. The maximum atomic E-state index is 12.6. The third-order valence-corrected chi connectivity index (χ3v) is 5.89. The number of rotatable bonds is 10. The van der Waals surface area contributed by atoms with E-state index in [0.717, 1.165) is 18.2 Å². The number of carbonyl (C=O) groups excluding carboxylic acids is 2. The number of sulfone groups is 1. The Morgan fingerprint density at radius 3 is 2.16 bits per heavy atom. The number of hydrogen-bond acceptors (Lipinski definition) is 7. The van der Waals surface area contributed by atoms with Crippen molar-refractivity contribution in [3.05, 3.63) is 59.2 Å². The Balaban J connectivity index is 2.07. The summed E-state index contributed by atoms with van der Waals surface area (Å²) in [7, 11) is -3.90. The zero-order chi connectivity index (χ0) is 23.2. The molecule has 1 amide bonds. The molecule has 0 unspecified atom stereocenters. The Bertz CT molecular complexity index is 1110. The van der Waals surface area contributed by atoms with Crippen molar-refractivity contribution in [1.82, 2.24) is 5.32 Å². The van der Waals surface area contributed by atoms with Gasteiger partial charge in [0.15, 0.2) is 9.84 Å². The van der Waals surface area contributed by atoms with Crippen LogP contribution in [0.15, 0.2) is 47.4 Å². The van der Waals surface area contributed by atoms with E-state index in [9.17, 15) is 32.7 Å². The van der Waals surface area contributed by atoms with E-state index in [0.29, 0.717) is 17.4 Å². The van der Waals surface area contributed by atoms with Crippen molar-refractivity contribution in [2.45, 2.75) is 29.5 Å². The van der Waals surface area contributed by atoms with Crippen LogP contribution in [0.5, 0.6) is 5.75 Å². The Morgan fingerprint density at radius 2 is 1.61 bits per heavy atom. The predicted octanol–water partition coefficient (Wildman–Crippen LogP) is 0.765. The first kappa shape index (κ1) is 23.5. The lowest BCUT2D eigenvalue weighted by atomic mass is 10.1. The van der Waals surface area contributed by atoms with Crippen LogP contribution in [0.4, 0.5) is 0 Å². The molecule has 1 atom stereocenters. The van der Waals surface area contributed by atoms with Gasteiger partial charge in [-0.25, -0.2) is 13.2 Å². The lowest BCUT2D eigenvalue weighted by molar-refractivity contribution is -0.138. The molecule has 2 rings (SSSR count). The molecule has 164 valence electrons. The molecule has 0 bridgehead atoms. The van der Waals surface area contributed by atoms with Gasteiger partial charge < -0.3 is 25.4 Å². The molecule has 2 aromatic carbocycles. The van der Waals surface area contributed by atoms with E-state index in [1.54, 1.807) is 0 Å². The molecule has 0 aliphatic carbocycles. The number of amides is 1. The van der Waals surface area contributed by atoms with Crippen molar-refractivity contribution >= 4 is 34.0 Å². The van der Waals surface area contributed by atoms with Crippen LogP contribution in [0.1, 0.15) is 27.9 Å². The first-order valence-corrected chi connectivity index (χ1v) is 10.5. The summed E-state index contributed by atoms with van der Waals surface area (Å²) in [6, 6.07) is 7.82. The summed E-state index contributed by atoms with van der Waals surface area (Å²) in [6.07, 6.45) is -0.344. The Kier molecular flexibility index (Phi) is 7.48. The summed E-state index contributed by atoms with van der Waals surface area (Å²) in [5.41, 5.74) is 0.362. The topological polar surface area (TPSA) is 175 Å². The maximum Gasteiger partial charge on any atom is 0.339 e. The minimum absolute atomic E-state index is 0.142. The number of aromatic hydroxyl groups is 1. The highest BCUT2D eigenvalue weighted by molar-refractivity contribution is 7.90. The fourth-order valence-electron chi connectivity index (χ4n) is 2.70. The first-order chi connectivity index (χ1) is 14.5. The number of carboxylic acid groups (broad SMARTS) is 2. The third-order valence-electron chi connectivity index (χ3n) is 4.21. The minimum Gasteiger partial charge on any atom is -0.507 e. The van der Waals surface area contributed by atoms with Crippen LogP contribution in [0.3, 0.4) is 0 Å². The number of aliphatic carboxylic acids is 1. The molecule has 0 fully saturated rings. The number of aromatic carboxylic acids is 1. The number of aldehydes is 1. The van der Waals surface area contributed by atoms with E-state index in [4.69, 9.17) is 10.2 Å². The number of phenols is 1. The lowest BCUT2D eigenvalue weighted by Crippen LogP contribution is -2.38. The number of nitrogens with one attached hydrogen (secondary N) is 1. The third kappa shape index (κ3) is 6.64. The van der Waals surface area contributed by atoms with Gasteiger partial charge in [0, 0.05) is 0 Å². The molecule has 0 heterocycles. The smallest absolute Gasteiger partial charge is 0.339 e. The lowest BCUT2D eigenvalue weighted by Gasteiger charge is -2.11. The first-order valence-electron chi connectivity index (χ1n) is 8.85. The van der Waals surface area contributed by atoms with Gasteiger partial charge in [0.25, 0.3) is 0 Å². The summed E-state index contributed by atoms with van der Waals surface area (Å²) in [4.78, 5) is 44.2. The van der Waals surface area contributed by atoms with Crippen molar-refractivity contribution < 1.29 is 42.9 Å². The van der Waals surface area contributed by atoms with Gasteiger partial charge in [0.1, 0.15) is 17.6 Å². The molecule has 0 aromatic heterocycles. The van der Waals surface area contributed by atoms with E-state index in [-0.39, 0.29) is 11.3 Å². The highest BCUT2D eigenvalue weighted by Crippen LogP contribution is 2.24. The SMILES string of the molecule is O=C[C@H](CC(=O)O)NC(=O)Cc1ccc(CS(=O)(=O)c2ccc(O)c(C(=O)O)c2)cc1. The predicted molar refractivity (Wildman–Crippen MR) is 106 cm³/mol. The molecule has 31 heavy (non-hydrogen) atoms. The average molecular weight is 449 g/mol. The van der Waals surface area contributed by atoms with Crippen molar-refractivity contribution in [2.24, 2.45) is 0 Å². The van der Waals surface area contributed by atoms with E-state index >= 15 is 0 Å². The molecule has 0 saturated carbocycles. The summed E-state index contributed by atoms with van der Waals surface area (Å²) in [5.74, 6) is -4.24. The molecule has 10 nitrogen and oxygen atoms in total. The maximum absolute atomic E-state index is 12.6. The molecule has 11 heteroatoms. The van der Waals surface area contributed by atoms with Gasteiger partial charge in [-0.2, -0.15) is 0 Å². The van der Waals surface area contributed by atoms with Crippen molar-refractivity contribution in [1.29, 1.82) is 0 Å². The van der Waals surface area contributed by atoms with Crippen molar-refractivity contribution in [2.75, 3.05) is 0 Å². The van der Waals surface area contributed by atoms with Gasteiger partial charge in [0.05, 0.1) is 29.5 Å². The van der Waals surface area contributed by atoms with Gasteiger partial charge in [-0.1, -0.05) is 24.3 Å². The average Bonchev–Trinajstić information content (AvgIpc) is 2.68. The highest BCUT2D eigenvalue weighted by atomic mass is 32.2. The van der Waals surface area contributed by atoms with Crippen molar-refractivity contribution in [3.63, 3.8) is 0 Å². The van der Waals surface area contributed by atoms with Crippen LogP contribution >= 0.6 is 0 Å². The summed E-state index contributed by atoms with van der Waals surface area (Å²) in [5, 5.41) is 29.5. The van der Waals surface area contributed by atoms with Crippen LogP contribution in [-0.2, 0) is 36.4 Å². The van der Waals surface area contributed by atoms with E-state index in [2.05, 4.69) is 5.32 Å². The van der Waals surface area contributed by atoms with Crippen LogP contribution < -0.4 is 5.32 Å². The molecule has 0 radical (unpaired) electrons. The zero-order valence-corrected chi connectivity index (χ0v) is 16.8. The quantitative estimate of drug-likeness (QED) is 0.382. The van der Waals surface area contributed by atoms with E-state index in [1.807, 2.05) is 0 Å². The van der Waals surface area contributed by atoms with Gasteiger partial charge in [0.2, 0.25) is 5.91 Å². The molecule has 0 aliphatic rings. The highest BCUT2D eigenvalue weighted by Gasteiger charge is 2.20. The molecular formula is C20H19NO9S. The number of carboxylic acids is 2. The second kappa shape index (κ2) is 9.85. The van der Waals surface area contributed by atoms with Crippen LogP contribution in [0.25, 0.3) is 0 Å². The molecule has 0 spiro atoms. The molecular weight excluding hydrogens is 430 g/mol. The number of hydrogen-bond donors (Lipinski definition) is 4. The van der Waals surface area contributed by atoms with Crippen LogP contribution in [0, 0.1) is 0 Å². The second-order valence-corrected chi connectivity index (χ2v) is 8.63. The van der Waals surface area contributed by atoms with Gasteiger partial charge in [-0.3, -0.25) is 9.59 Å². The van der Waals surface area contributed by atoms with Gasteiger partial charge in [-0.15, -0.1) is 0 Å². The summed E-state index contributed by atoms with van der Waals surface area (Å²) >= 11 is 0. The summed E-state index contributed by atoms with van der Waals surface area (Å²) in [6.45, 7) is 0. The number of carbonyl (C=O) groups is 4. The van der Waals surface area contributed by atoms with Gasteiger partial charge in [-0.05, 0) is 29.3 Å². The second-order valence-electron chi connectivity index (χ2n) is 6.64. The van der Waals surface area contributed by atoms with Crippen LogP contribution in [0.2, 0.25) is 0 Å². The molecule has 0 aliphatic heterocycles. The summed E-state index contributed by atoms with van der Waals surface area (Å²) < 4.78 is 25.1. The fraction of sp³-hybridized carbons (Fsp3) is 0.200. The van der Waals surface area contributed by atoms with Crippen molar-refractivity contribution in [3.8, 4) is 5.75 Å². The Labute approximate surface area is 177 Å². The minimum atomic E-state index is -3.90. The van der Waals surface area contributed by atoms with Crippen LogP contribution in [-0.4, -0.2) is 53.9 Å². The Morgan fingerprint density at radius 1 is 1.00 bits per heavy atom. The van der Waals surface area contributed by atoms with E-state index in [1.165, 1.54) is 24.3 Å². The largest absolute Gasteiger partial charge is 0.507 e. The van der Waals surface area contributed by atoms with Gasteiger partial charge >= 0.3 is 11.9 Å². The molecule has 4 N–H and O–H groups in total. The molecule has 0 saturated heterocycles. The molecule has 2 aromatic rings. The fourth-order valence-corrected chi connectivity index (χ4v) is 4.07. The normalized spacial score (nSPS) is 12.0. The zero-order valence-electron chi connectivity index (χ0n) is 16.0. The number of benzene rings is 2. The monoisotopic (exact) mass is 449 g/mol. The van der Waals surface area contributed by atoms with E-state index < -0.39 is 57.2 Å². The Hall–Kier alpha value is -3.73.